The van der Waals surface area contributed by atoms with Crippen molar-refractivity contribution < 1.29 is 22.7 Å². The molecule has 0 radical (unpaired) electrons. The standard InChI is InChI=1S/C12H14F3N3O2/c1-2-20-11(19)10-7-6-16-4-3-8(7)17-9(18-10)5-12(13,14)15/h16H,2-6H2,1H3. The van der Waals surface area contributed by atoms with Crippen LogP contribution in [0.5, 0.6) is 0 Å². The molecule has 0 saturated heterocycles. The van der Waals surface area contributed by atoms with Crippen LogP contribution >= 0.6 is 0 Å². The summed E-state index contributed by atoms with van der Waals surface area (Å²) in [5.41, 5.74) is 0.949. The zero-order valence-electron chi connectivity index (χ0n) is 10.9. The second-order valence-electron chi connectivity index (χ2n) is 4.35. The maximum Gasteiger partial charge on any atom is 0.396 e. The van der Waals surface area contributed by atoms with E-state index in [-0.39, 0.29) is 18.1 Å². The molecular weight excluding hydrogens is 275 g/mol. The number of aromatic nitrogens is 2. The zero-order valence-corrected chi connectivity index (χ0v) is 10.9. The van der Waals surface area contributed by atoms with Crippen molar-refractivity contribution in [2.45, 2.75) is 32.5 Å². The number of hydrogen-bond acceptors (Lipinski definition) is 5. The van der Waals surface area contributed by atoms with E-state index in [0.29, 0.717) is 30.8 Å². The van der Waals surface area contributed by atoms with Crippen molar-refractivity contribution >= 4 is 5.97 Å². The van der Waals surface area contributed by atoms with E-state index >= 15 is 0 Å². The van der Waals surface area contributed by atoms with Gasteiger partial charge in [-0.2, -0.15) is 13.2 Å². The van der Waals surface area contributed by atoms with Crippen LogP contribution in [0.3, 0.4) is 0 Å². The largest absolute Gasteiger partial charge is 0.461 e. The van der Waals surface area contributed by atoms with Crippen LogP contribution < -0.4 is 5.32 Å². The Morgan fingerprint density at radius 3 is 2.80 bits per heavy atom. The molecule has 1 N–H and O–H groups in total. The Hall–Kier alpha value is -1.70. The van der Waals surface area contributed by atoms with Gasteiger partial charge in [-0.05, 0) is 6.92 Å². The highest BCUT2D eigenvalue weighted by atomic mass is 19.4. The maximum atomic E-state index is 12.4. The van der Waals surface area contributed by atoms with Gasteiger partial charge in [-0.1, -0.05) is 0 Å². The van der Waals surface area contributed by atoms with Crippen LogP contribution in [0.2, 0.25) is 0 Å². The highest BCUT2D eigenvalue weighted by Crippen LogP contribution is 2.22. The average Bonchev–Trinajstić information content (AvgIpc) is 2.36. The number of carbonyl (C=O) groups excluding carboxylic acids is 1. The molecule has 8 heteroatoms. The smallest absolute Gasteiger partial charge is 0.396 e. The summed E-state index contributed by atoms with van der Waals surface area (Å²) in [6.07, 6.45) is -5.19. The van der Waals surface area contributed by atoms with Crippen molar-refractivity contribution in [1.29, 1.82) is 0 Å². The molecule has 0 bridgehead atoms. The van der Waals surface area contributed by atoms with E-state index in [0.717, 1.165) is 0 Å². The summed E-state index contributed by atoms with van der Waals surface area (Å²) in [4.78, 5) is 19.5. The third-order valence-electron chi connectivity index (χ3n) is 2.81. The molecule has 110 valence electrons. The van der Waals surface area contributed by atoms with E-state index in [1.54, 1.807) is 6.92 Å². The summed E-state index contributed by atoms with van der Waals surface area (Å²) in [7, 11) is 0. The fourth-order valence-corrected chi connectivity index (χ4v) is 2.02. The number of fused-ring (bicyclic) bond motifs is 1. The van der Waals surface area contributed by atoms with E-state index in [1.165, 1.54) is 0 Å². The SMILES string of the molecule is CCOC(=O)c1nc(CC(F)(F)F)nc2c1CNCC2. The Kier molecular flexibility index (Phi) is 4.22. The fourth-order valence-electron chi connectivity index (χ4n) is 2.02. The lowest BCUT2D eigenvalue weighted by Gasteiger charge is -2.19. The summed E-state index contributed by atoms with van der Waals surface area (Å²) >= 11 is 0. The number of rotatable bonds is 3. The first kappa shape index (κ1) is 14.7. The van der Waals surface area contributed by atoms with Crippen molar-refractivity contribution in [3.63, 3.8) is 0 Å². The first-order valence-electron chi connectivity index (χ1n) is 6.24. The van der Waals surface area contributed by atoms with Crippen LogP contribution in [-0.2, 0) is 24.1 Å². The molecule has 0 fully saturated rings. The van der Waals surface area contributed by atoms with Gasteiger partial charge in [0.05, 0.1) is 12.3 Å². The third-order valence-corrected chi connectivity index (χ3v) is 2.81. The van der Waals surface area contributed by atoms with Gasteiger partial charge in [0.2, 0.25) is 0 Å². The lowest BCUT2D eigenvalue weighted by Crippen LogP contribution is -2.29. The lowest BCUT2D eigenvalue weighted by atomic mass is 10.0. The van der Waals surface area contributed by atoms with Crippen molar-refractivity contribution in [3.8, 4) is 0 Å². The van der Waals surface area contributed by atoms with Gasteiger partial charge in [-0.3, -0.25) is 0 Å². The molecule has 1 aromatic rings. The number of ether oxygens (including phenoxy) is 1. The molecule has 2 heterocycles. The number of nitrogens with one attached hydrogen (secondary N) is 1. The van der Waals surface area contributed by atoms with Crippen LogP contribution in [0.1, 0.15) is 34.5 Å². The molecule has 0 atom stereocenters. The van der Waals surface area contributed by atoms with Crippen LogP contribution in [0.25, 0.3) is 0 Å². The highest BCUT2D eigenvalue weighted by molar-refractivity contribution is 5.89. The number of nitrogens with zero attached hydrogens (tertiary/aromatic N) is 2. The van der Waals surface area contributed by atoms with Crippen LogP contribution in [0.15, 0.2) is 0 Å². The quantitative estimate of drug-likeness (QED) is 0.852. The molecule has 0 saturated carbocycles. The van der Waals surface area contributed by atoms with Crippen molar-refractivity contribution in [2.24, 2.45) is 0 Å². The Morgan fingerprint density at radius 1 is 1.40 bits per heavy atom. The summed E-state index contributed by atoms with van der Waals surface area (Å²) in [6.45, 7) is 2.73. The Morgan fingerprint density at radius 2 is 2.15 bits per heavy atom. The van der Waals surface area contributed by atoms with E-state index < -0.39 is 18.6 Å². The van der Waals surface area contributed by atoms with E-state index in [9.17, 15) is 18.0 Å². The van der Waals surface area contributed by atoms with Gasteiger partial charge in [0.1, 0.15) is 12.2 Å². The van der Waals surface area contributed by atoms with Gasteiger partial charge < -0.3 is 10.1 Å². The van der Waals surface area contributed by atoms with Gasteiger partial charge in [0.15, 0.2) is 5.69 Å². The molecule has 0 amide bonds. The molecule has 1 aliphatic rings. The number of hydrogen-bond donors (Lipinski definition) is 1. The molecule has 2 rings (SSSR count). The maximum absolute atomic E-state index is 12.4. The minimum absolute atomic E-state index is 0.0664. The number of halogens is 3. The van der Waals surface area contributed by atoms with Crippen LogP contribution in [-0.4, -0.2) is 35.3 Å². The predicted octanol–water partition coefficient (Wildman–Crippen LogP) is 1.40. The summed E-state index contributed by atoms with van der Waals surface area (Å²) in [6, 6.07) is 0. The van der Waals surface area contributed by atoms with Crippen LogP contribution in [0, 0.1) is 0 Å². The molecule has 5 nitrogen and oxygen atoms in total. The Labute approximate surface area is 113 Å². The zero-order chi connectivity index (χ0) is 14.8. The van der Waals surface area contributed by atoms with E-state index in [4.69, 9.17) is 4.74 Å². The molecule has 20 heavy (non-hydrogen) atoms. The summed E-state index contributed by atoms with van der Waals surface area (Å²) < 4.78 is 42.2. The monoisotopic (exact) mass is 289 g/mol. The minimum atomic E-state index is -4.41. The first-order valence-corrected chi connectivity index (χ1v) is 6.24. The molecule has 0 aliphatic carbocycles. The molecule has 0 aromatic carbocycles. The second-order valence-corrected chi connectivity index (χ2v) is 4.35. The normalized spacial score (nSPS) is 14.8. The third kappa shape index (κ3) is 3.44. The fraction of sp³-hybridized carbons (Fsp3) is 0.583. The second kappa shape index (κ2) is 5.74. The van der Waals surface area contributed by atoms with Gasteiger partial charge in [-0.25, -0.2) is 14.8 Å². The average molecular weight is 289 g/mol. The van der Waals surface area contributed by atoms with E-state index in [1.807, 2.05) is 0 Å². The molecule has 1 aliphatic heterocycles. The Bertz CT molecular complexity index is 517. The predicted molar refractivity (Wildman–Crippen MR) is 63.2 cm³/mol. The molecule has 0 unspecified atom stereocenters. The minimum Gasteiger partial charge on any atom is -0.461 e. The first-order chi connectivity index (χ1) is 9.40. The van der Waals surface area contributed by atoms with Crippen molar-refractivity contribution in [2.75, 3.05) is 13.2 Å². The van der Waals surface area contributed by atoms with Gasteiger partial charge in [-0.15, -0.1) is 0 Å². The molecular formula is C12H14F3N3O2. The van der Waals surface area contributed by atoms with E-state index in [2.05, 4.69) is 15.3 Å². The lowest BCUT2D eigenvalue weighted by molar-refractivity contribution is -0.128. The number of carbonyl (C=O) groups is 1. The summed E-state index contributed by atoms with van der Waals surface area (Å²) in [5.74, 6) is -1.10. The molecule has 1 aromatic heterocycles. The van der Waals surface area contributed by atoms with Gasteiger partial charge in [0, 0.05) is 25.1 Å². The van der Waals surface area contributed by atoms with Gasteiger partial charge in [0.25, 0.3) is 0 Å². The Balaban J connectivity index is 2.41. The highest BCUT2D eigenvalue weighted by Gasteiger charge is 2.31. The van der Waals surface area contributed by atoms with Crippen LogP contribution in [0.4, 0.5) is 13.2 Å². The topological polar surface area (TPSA) is 64.1 Å². The van der Waals surface area contributed by atoms with Gasteiger partial charge >= 0.3 is 12.1 Å². The summed E-state index contributed by atoms with van der Waals surface area (Å²) in [5, 5.41) is 3.04. The number of esters is 1. The molecule has 0 spiro atoms. The number of alkyl halides is 3. The van der Waals surface area contributed by atoms with Crippen molar-refractivity contribution in [1.82, 2.24) is 15.3 Å². The van der Waals surface area contributed by atoms with Crippen molar-refractivity contribution in [3.05, 3.63) is 22.8 Å².